The third-order valence-corrected chi connectivity index (χ3v) is 5.09. The summed E-state index contributed by atoms with van der Waals surface area (Å²) in [5, 5.41) is 0. The molecule has 1 N–H and O–H groups in total. The van der Waals surface area contributed by atoms with Crippen molar-refractivity contribution < 1.29 is 17.9 Å². The maximum atomic E-state index is 11.7. The van der Waals surface area contributed by atoms with Gasteiger partial charge in [-0.3, -0.25) is 4.79 Å². The molecule has 0 spiro atoms. The van der Waals surface area contributed by atoms with Crippen LogP contribution in [0.25, 0.3) is 0 Å². The summed E-state index contributed by atoms with van der Waals surface area (Å²) in [6.07, 6.45) is 7.71. The van der Waals surface area contributed by atoms with Gasteiger partial charge in [-0.15, -0.1) is 0 Å². The van der Waals surface area contributed by atoms with Crippen LogP contribution in [0.15, 0.2) is 0 Å². The van der Waals surface area contributed by atoms with Crippen molar-refractivity contribution in [2.45, 2.75) is 51.4 Å². The Morgan fingerprint density at radius 3 is 2.58 bits per heavy atom. The number of hydrogen-bond acceptors (Lipinski definition) is 4. The molecule has 1 saturated carbocycles. The summed E-state index contributed by atoms with van der Waals surface area (Å²) >= 11 is 0. The van der Waals surface area contributed by atoms with Gasteiger partial charge in [-0.2, -0.15) is 0 Å². The Balaban J connectivity index is 2.13. The van der Waals surface area contributed by atoms with E-state index in [1.54, 1.807) is 0 Å². The van der Waals surface area contributed by atoms with Crippen molar-refractivity contribution in [1.82, 2.24) is 4.72 Å². The van der Waals surface area contributed by atoms with Crippen LogP contribution in [0.2, 0.25) is 0 Å². The normalized spacial score (nSPS) is 17.3. The van der Waals surface area contributed by atoms with Crippen LogP contribution in [0.1, 0.15) is 51.4 Å². The Bertz CT molecular complexity index is 361. The molecule has 19 heavy (non-hydrogen) atoms. The topological polar surface area (TPSA) is 72.5 Å². The lowest BCUT2D eigenvalue weighted by molar-refractivity contribution is -0.140. The second-order valence-electron chi connectivity index (χ2n) is 5.19. The molecule has 1 aliphatic carbocycles. The number of carbonyl (C=O) groups is 1. The lowest BCUT2D eigenvalue weighted by Gasteiger charge is -2.21. The van der Waals surface area contributed by atoms with E-state index in [-0.39, 0.29) is 18.1 Å². The molecule has 0 amide bonds. The van der Waals surface area contributed by atoms with Crippen LogP contribution in [-0.4, -0.2) is 33.8 Å². The predicted octanol–water partition coefficient (Wildman–Crippen LogP) is 1.83. The highest BCUT2D eigenvalue weighted by atomic mass is 32.2. The van der Waals surface area contributed by atoms with Crippen LogP contribution < -0.4 is 4.72 Å². The Hall–Kier alpha value is -0.620. The highest BCUT2D eigenvalue weighted by Crippen LogP contribution is 2.25. The molecule has 0 aromatic heterocycles. The summed E-state index contributed by atoms with van der Waals surface area (Å²) in [6.45, 7) is 0.519. The smallest absolute Gasteiger partial charge is 0.305 e. The van der Waals surface area contributed by atoms with Gasteiger partial charge in [0, 0.05) is 13.0 Å². The molecule has 1 aliphatic rings. The number of methoxy groups -OCH3 is 1. The third kappa shape index (κ3) is 7.52. The van der Waals surface area contributed by atoms with Crippen molar-refractivity contribution >= 4 is 16.0 Å². The maximum Gasteiger partial charge on any atom is 0.305 e. The van der Waals surface area contributed by atoms with Gasteiger partial charge in [-0.25, -0.2) is 13.1 Å². The fraction of sp³-hybridized carbons (Fsp3) is 0.923. The van der Waals surface area contributed by atoms with Gasteiger partial charge in [0.05, 0.1) is 12.9 Å². The molecule has 0 aromatic rings. The Labute approximate surface area is 116 Å². The molecule has 1 rings (SSSR count). The van der Waals surface area contributed by atoms with Crippen LogP contribution in [0, 0.1) is 5.92 Å². The maximum absolute atomic E-state index is 11.7. The number of esters is 1. The molecule has 1 fully saturated rings. The van der Waals surface area contributed by atoms with E-state index in [9.17, 15) is 13.2 Å². The van der Waals surface area contributed by atoms with Gasteiger partial charge < -0.3 is 4.74 Å². The Morgan fingerprint density at radius 2 is 1.95 bits per heavy atom. The number of rotatable bonds is 8. The molecule has 6 heteroatoms. The number of sulfonamides is 1. The first-order valence-corrected chi connectivity index (χ1v) is 8.73. The zero-order valence-electron chi connectivity index (χ0n) is 11.7. The summed E-state index contributed by atoms with van der Waals surface area (Å²) in [6, 6.07) is 0. The van der Waals surface area contributed by atoms with E-state index in [0.717, 1.165) is 6.42 Å². The van der Waals surface area contributed by atoms with E-state index in [0.29, 0.717) is 18.9 Å². The number of carbonyl (C=O) groups excluding carboxylic acids is 1. The van der Waals surface area contributed by atoms with Crippen LogP contribution in [-0.2, 0) is 19.6 Å². The van der Waals surface area contributed by atoms with E-state index in [4.69, 9.17) is 0 Å². The monoisotopic (exact) mass is 291 g/mol. The largest absolute Gasteiger partial charge is 0.469 e. The van der Waals surface area contributed by atoms with Crippen molar-refractivity contribution in [2.24, 2.45) is 5.92 Å². The minimum Gasteiger partial charge on any atom is -0.469 e. The molecule has 0 aliphatic heterocycles. The van der Waals surface area contributed by atoms with E-state index in [1.807, 2.05) is 0 Å². The van der Waals surface area contributed by atoms with Gasteiger partial charge >= 0.3 is 5.97 Å². The van der Waals surface area contributed by atoms with E-state index < -0.39 is 10.0 Å². The van der Waals surface area contributed by atoms with E-state index in [2.05, 4.69) is 9.46 Å². The van der Waals surface area contributed by atoms with Crippen LogP contribution in [0.5, 0.6) is 0 Å². The highest BCUT2D eigenvalue weighted by molar-refractivity contribution is 7.89. The predicted molar refractivity (Wildman–Crippen MR) is 74.2 cm³/mol. The standard InChI is InChI=1S/C13H25NO4S/c1-18-13(15)8-5-11-19(16,17)14-10-9-12-6-3-2-4-7-12/h12,14H,2-11H2,1H3. The highest BCUT2D eigenvalue weighted by Gasteiger charge is 2.15. The molecule has 0 heterocycles. The second-order valence-corrected chi connectivity index (χ2v) is 7.11. The fourth-order valence-corrected chi connectivity index (χ4v) is 3.57. The minimum absolute atomic E-state index is 0.00718. The van der Waals surface area contributed by atoms with Gasteiger partial charge in [-0.05, 0) is 18.8 Å². The van der Waals surface area contributed by atoms with Gasteiger partial charge in [-0.1, -0.05) is 32.1 Å². The first kappa shape index (κ1) is 16.4. The van der Waals surface area contributed by atoms with Gasteiger partial charge in [0.15, 0.2) is 0 Å². The molecule has 0 aromatic carbocycles. The lowest BCUT2D eigenvalue weighted by Crippen LogP contribution is -2.29. The van der Waals surface area contributed by atoms with E-state index in [1.165, 1.54) is 39.2 Å². The fourth-order valence-electron chi connectivity index (χ4n) is 2.48. The van der Waals surface area contributed by atoms with Gasteiger partial charge in [0.25, 0.3) is 0 Å². The molecule has 0 unspecified atom stereocenters. The van der Waals surface area contributed by atoms with Gasteiger partial charge in [0.2, 0.25) is 10.0 Å². The summed E-state index contributed by atoms with van der Waals surface area (Å²) in [4.78, 5) is 10.9. The average Bonchev–Trinajstić information content (AvgIpc) is 2.39. The van der Waals surface area contributed by atoms with Crippen molar-refractivity contribution in [3.63, 3.8) is 0 Å². The van der Waals surface area contributed by atoms with Gasteiger partial charge in [0.1, 0.15) is 0 Å². The summed E-state index contributed by atoms with van der Waals surface area (Å²) in [5.41, 5.74) is 0. The SMILES string of the molecule is COC(=O)CCCS(=O)(=O)NCCC1CCCCC1. The quantitative estimate of drug-likeness (QED) is 0.692. The third-order valence-electron chi connectivity index (χ3n) is 3.62. The van der Waals surface area contributed by atoms with Crippen molar-refractivity contribution in [3.8, 4) is 0 Å². The summed E-state index contributed by atoms with van der Waals surface area (Å²) in [5.74, 6) is 0.302. The zero-order valence-corrected chi connectivity index (χ0v) is 12.5. The summed E-state index contributed by atoms with van der Waals surface area (Å²) in [7, 11) is -1.94. The Kier molecular flexibility index (Phi) is 7.38. The first-order valence-electron chi connectivity index (χ1n) is 7.07. The van der Waals surface area contributed by atoms with Crippen LogP contribution in [0.3, 0.4) is 0 Å². The molecule has 0 atom stereocenters. The molecule has 112 valence electrons. The number of hydrogen-bond donors (Lipinski definition) is 1. The minimum atomic E-state index is -3.24. The molecular weight excluding hydrogens is 266 g/mol. The lowest BCUT2D eigenvalue weighted by atomic mass is 9.87. The Morgan fingerprint density at radius 1 is 1.26 bits per heavy atom. The second kappa shape index (κ2) is 8.53. The van der Waals surface area contributed by atoms with Crippen molar-refractivity contribution in [1.29, 1.82) is 0 Å². The molecule has 0 bridgehead atoms. The number of nitrogens with one attached hydrogen (secondary N) is 1. The molecule has 5 nitrogen and oxygen atoms in total. The molecule has 0 radical (unpaired) electrons. The van der Waals surface area contributed by atoms with Crippen molar-refractivity contribution in [2.75, 3.05) is 19.4 Å². The molecular formula is C13H25NO4S. The summed E-state index contributed by atoms with van der Waals surface area (Å²) < 4.78 is 30.4. The van der Waals surface area contributed by atoms with E-state index >= 15 is 0 Å². The number of ether oxygens (including phenoxy) is 1. The average molecular weight is 291 g/mol. The van der Waals surface area contributed by atoms with Crippen molar-refractivity contribution in [3.05, 3.63) is 0 Å². The zero-order chi connectivity index (χ0) is 14.1. The first-order chi connectivity index (χ1) is 9.03. The van der Waals surface area contributed by atoms with Crippen LogP contribution >= 0.6 is 0 Å². The van der Waals surface area contributed by atoms with Crippen LogP contribution in [0.4, 0.5) is 0 Å². The molecule has 0 saturated heterocycles.